The molecule has 0 radical (unpaired) electrons. The number of nitrogens with zero attached hydrogens (tertiary/aromatic N) is 5. The van der Waals surface area contributed by atoms with Crippen molar-refractivity contribution in [2.75, 3.05) is 0 Å². The van der Waals surface area contributed by atoms with Crippen LogP contribution in [0, 0.1) is 6.92 Å². The Bertz CT molecular complexity index is 644. The lowest BCUT2D eigenvalue weighted by Crippen LogP contribution is -2.05. The molecule has 0 spiro atoms. The first-order valence-electron chi connectivity index (χ1n) is 7.58. The molecule has 0 N–H and O–H groups in total. The number of aromatic nitrogens is 5. The topological polar surface area (TPSA) is 69.6 Å². The summed E-state index contributed by atoms with van der Waals surface area (Å²) in [6.07, 6.45) is 5.09. The summed E-state index contributed by atoms with van der Waals surface area (Å²) < 4.78 is 7.63. The third-order valence-corrected chi connectivity index (χ3v) is 5.13. The van der Waals surface area contributed by atoms with Gasteiger partial charge in [0.25, 0.3) is 0 Å². The van der Waals surface area contributed by atoms with Crippen molar-refractivity contribution in [2.45, 2.75) is 62.5 Å². The Labute approximate surface area is 127 Å². The minimum absolute atomic E-state index is 0.180. The monoisotopic (exact) mass is 305 g/mol. The van der Waals surface area contributed by atoms with Crippen molar-refractivity contribution in [3.63, 3.8) is 0 Å². The Morgan fingerprint density at radius 3 is 2.71 bits per heavy atom. The van der Waals surface area contributed by atoms with Gasteiger partial charge in [0.2, 0.25) is 5.89 Å². The van der Waals surface area contributed by atoms with Gasteiger partial charge in [-0.05, 0) is 39.5 Å². The van der Waals surface area contributed by atoms with Gasteiger partial charge in [0.1, 0.15) is 11.6 Å². The summed E-state index contributed by atoms with van der Waals surface area (Å²) in [7, 11) is 0. The average Bonchev–Trinajstić information content (AvgIpc) is 3.40. The summed E-state index contributed by atoms with van der Waals surface area (Å²) in [5.74, 6) is 5.21. The molecule has 4 rings (SSSR count). The molecule has 2 aromatic rings. The van der Waals surface area contributed by atoms with E-state index < -0.39 is 0 Å². The smallest absolute Gasteiger partial charge is 0.239 e. The molecule has 0 aliphatic heterocycles. The van der Waals surface area contributed by atoms with Gasteiger partial charge in [-0.25, -0.2) is 0 Å². The summed E-state index contributed by atoms with van der Waals surface area (Å²) in [4.78, 5) is 4.29. The maximum atomic E-state index is 5.23. The molecule has 2 aromatic heterocycles. The fraction of sp³-hybridized carbons (Fsp3) is 0.714. The van der Waals surface area contributed by atoms with Crippen LogP contribution in [0.2, 0.25) is 0 Å². The lowest BCUT2D eigenvalue weighted by Gasteiger charge is -2.10. The largest absolute Gasteiger partial charge is 0.338 e. The molecule has 6 nitrogen and oxygen atoms in total. The molecule has 21 heavy (non-hydrogen) atoms. The molecule has 1 atom stereocenters. The third kappa shape index (κ3) is 2.71. The molecular formula is C14H19N5OS. The summed E-state index contributed by atoms with van der Waals surface area (Å²) in [5.41, 5.74) is 0. The van der Waals surface area contributed by atoms with E-state index in [0.717, 1.165) is 11.6 Å². The van der Waals surface area contributed by atoms with Crippen LogP contribution in [0.25, 0.3) is 0 Å². The zero-order chi connectivity index (χ0) is 14.4. The number of hydrogen-bond donors (Lipinski definition) is 0. The quantitative estimate of drug-likeness (QED) is 0.816. The van der Waals surface area contributed by atoms with E-state index in [-0.39, 0.29) is 5.25 Å². The zero-order valence-corrected chi connectivity index (χ0v) is 13.1. The van der Waals surface area contributed by atoms with E-state index in [1.807, 2.05) is 6.92 Å². The fourth-order valence-electron chi connectivity index (χ4n) is 2.54. The van der Waals surface area contributed by atoms with Gasteiger partial charge >= 0.3 is 0 Å². The second-order valence-electron chi connectivity index (χ2n) is 5.98. The number of thioether (sulfide) groups is 1. The molecule has 2 fully saturated rings. The number of hydrogen-bond acceptors (Lipinski definition) is 6. The van der Waals surface area contributed by atoms with Crippen molar-refractivity contribution in [2.24, 2.45) is 0 Å². The van der Waals surface area contributed by atoms with Crippen LogP contribution in [0.3, 0.4) is 0 Å². The van der Waals surface area contributed by atoms with Crippen molar-refractivity contribution in [1.82, 2.24) is 24.9 Å². The Morgan fingerprint density at radius 2 is 2.10 bits per heavy atom. The highest BCUT2D eigenvalue weighted by Gasteiger charge is 2.36. The van der Waals surface area contributed by atoms with Crippen LogP contribution in [-0.4, -0.2) is 24.9 Å². The highest BCUT2D eigenvalue weighted by Crippen LogP contribution is 2.45. The van der Waals surface area contributed by atoms with Gasteiger partial charge in [-0.2, -0.15) is 4.98 Å². The van der Waals surface area contributed by atoms with E-state index in [9.17, 15) is 0 Å². The van der Waals surface area contributed by atoms with Crippen molar-refractivity contribution in [3.05, 3.63) is 23.4 Å². The van der Waals surface area contributed by atoms with Crippen LogP contribution in [0.1, 0.15) is 73.2 Å². The first-order chi connectivity index (χ1) is 10.2. The first-order valence-corrected chi connectivity index (χ1v) is 8.62. The van der Waals surface area contributed by atoms with Gasteiger partial charge < -0.3 is 9.09 Å². The van der Waals surface area contributed by atoms with E-state index in [4.69, 9.17) is 4.52 Å². The first kappa shape index (κ1) is 13.3. The van der Waals surface area contributed by atoms with Crippen molar-refractivity contribution >= 4 is 11.8 Å². The van der Waals surface area contributed by atoms with E-state index in [0.29, 0.717) is 23.7 Å². The summed E-state index contributed by atoms with van der Waals surface area (Å²) >= 11 is 1.78. The van der Waals surface area contributed by atoms with Crippen LogP contribution < -0.4 is 0 Å². The van der Waals surface area contributed by atoms with Crippen LogP contribution in [0.15, 0.2) is 4.52 Å². The van der Waals surface area contributed by atoms with Gasteiger partial charge in [-0.15, -0.1) is 22.0 Å². The Hall–Kier alpha value is -1.37. The lowest BCUT2D eigenvalue weighted by atomic mass is 10.4. The second kappa shape index (κ2) is 5.12. The van der Waals surface area contributed by atoms with Crippen LogP contribution in [0.4, 0.5) is 0 Å². The molecule has 0 amide bonds. The molecule has 0 bridgehead atoms. The van der Waals surface area contributed by atoms with Crippen molar-refractivity contribution < 1.29 is 4.52 Å². The molecule has 2 heterocycles. The van der Waals surface area contributed by atoms with Gasteiger partial charge in [0.05, 0.1) is 11.0 Å². The standard InChI is InChI=1S/C14H19N5OS/c1-8(14-15-9(2)18-20-14)21-7-12-16-17-13(10-3-4-10)19(12)11-5-6-11/h8,10-11H,3-7H2,1-2H3/t8-/m0/s1. The minimum Gasteiger partial charge on any atom is -0.338 e. The van der Waals surface area contributed by atoms with E-state index in [1.54, 1.807) is 11.8 Å². The maximum Gasteiger partial charge on any atom is 0.239 e. The SMILES string of the molecule is Cc1noc([C@H](C)SCc2nnc(C3CC3)n2C2CC2)n1. The van der Waals surface area contributed by atoms with Gasteiger partial charge in [-0.3, -0.25) is 0 Å². The van der Waals surface area contributed by atoms with E-state index in [1.165, 1.54) is 31.5 Å². The van der Waals surface area contributed by atoms with E-state index in [2.05, 4.69) is 31.8 Å². The molecular weight excluding hydrogens is 286 g/mol. The summed E-state index contributed by atoms with van der Waals surface area (Å²) in [5, 5.41) is 12.9. The number of rotatable bonds is 6. The molecule has 2 aliphatic rings. The summed E-state index contributed by atoms with van der Waals surface area (Å²) in [6, 6.07) is 0.646. The van der Waals surface area contributed by atoms with Gasteiger partial charge in [0.15, 0.2) is 5.82 Å². The average molecular weight is 305 g/mol. The minimum atomic E-state index is 0.180. The predicted molar refractivity (Wildman–Crippen MR) is 79.0 cm³/mol. The molecule has 112 valence electrons. The highest BCUT2D eigenvalue weighted by molar-refractivity contribution is 7.98. The molecule has 2 saturated carbocycles. The van der Waals surface area contributed by atoms with Gasteiger partial charge in [0, 0.05) is 12.0 Å². The molecule has 0 saturated heterocycles. The normalized spacial score (nSPS) is 19.9. The molecule has 0 unspecified atom stereocenters. The molecule has 7 heteroatoms. The zero-order valence-electron chi connectivity index (χ0n) is 12.3. The van der Waals surface area contributed by atoms with E-state index >= 15 is 0 Å². The molecule has 2 aliphatic carbocycles. The molecule has 0 aromatic carbocycles. The van der Waals surface area contributed by atoms with Gasteiger partial charge in [-0.1, -0.05) is 5.16 Å². The van der Waals surface area contributed by atoms with Crippen molar-refractivity contribution in [3.8, 4) is 0 Å². The lowest BCUT2D eigenvalue weighted by molar-refractivity contribution is 0.376. The predicted octanol–water partition coefficient (Wildman–Crippen LogP) is 3.18. The third-order valence-electron chi connectivity index (χ3n) is 4.00. The maximum absolute atomic E-state index is 5.23. The van der Waals surface area contributed by atoms with Crippen molar-refractivity contribution in [1.29, 1.82) is 0 Å². The number of aryl methyl sites for hydroxylation is 1. The fourth-order valence-corrected chi connectivity index (χ4v) is 3.37. The summed E-state index contributed by atoms with van der Waals surface area (Å²) in [6.45, 7) is 3.94. The van der Waals surface area contributed by atoms with Crippen LogP contribution >= 0.6 is 11.8 Å². The second-order valence-corrected chi connectivity index (χ2v) is 7.31. The van der Waals surface area contributed by atoms with Crippen LogP contribution in [-0.2, 0) is 5.75 Å². The Morgan fingerprint density at radius 1 is 1.29 bits per heavy atom. The van der Waals surface area contributed by atoms with Crippen LogP contribution in [0.5, 0.6) is 0 Å². The highest BCUT2D eigenvalue weighted by atomic mass is 32.2. The Balaban J connectivity index is 1.47. The Kier molecular flexibility index (Phi) is 3.24.